The number of carbonyl (C=O) groups excluding carboxylic acids is 2. The molecule has 0 unspecified atom stereocenters. The number of hydrogen-bond acceptors (Lipinski definition) is 6. The van der Waals surface area contributed by atoms with E-state index < -0.39 is 0 Å². The second kappa shape index (κ2) is 10.1. The van der Waals surface area contributed by atoms with Crippen LogP contribution < -0.4 is 15.0 Å². The molecule has 0 aliphatic carbocycles. The predicted molar refractivity (Wildman–Crippen MR) is 122 cm³/mol. The standard InChI is InChI=1S/C24H29N3O4/c1-5-31-16-6-15-27-23(28)21(17-7-13-20(30-4)14-8-17)22(24(27)29)25-18-9-11-19(12-10-18)26(2)3/h7-14,25H,5-6,15-16H2,1-4H3. The Morgan fingerprint density at radius 2 is 1.65 bits per heavy atom. The van der Waals surface area contributed by atoms with Gasteiger partial charge in [0.25, 0.3) is 11.8 Å². The summed E-state index contributed by atoms with van der Waals surface area (Å²) in [4.78, 5) is 29.7. The molecule has 0 saturated carbocycles. The molecule has 0 radical (unpaired) electrons. The first-order chi connectivity index (χ1) is 15.0. The number of amides is 2. The van der Waals surface area contributed by atoms with E-state index in [1.165, 1.54) is 4.90 Å². The minimum atomic E-state index is -0.330. The Morgan fingerprint density at radius 1 is 0.968 bits per heavy atom. The fraction of sp³-hybridized carbons (Fsp3) is 0.333. The van der Waals surface area contributed by atoms with Crippen LogP contribution in [0.5, 0.6) is 5.75 Å². The molecule has 7 nitrogen and oxygen atoms in total. The van der Waals surface area contributed by atoms with E-state index in [9.17, 15) is 9.59 Å². The van der Waals surface area contributed by atoms with E-state index in [2.05, 4.69) is 5.32 Å². The quantitative estimate of drug-likeness (QED) is 0.467. The Balaban J connectivity index is 1.92. The second-order valence-corrected chi connectivity index (χ2v) is 7.36. The Kier molecular flexibility index (Phi) is 7.31. The maximum absolute atomic E-state index is 13.2. The molecule has 0 fully saturated rings. The molecule has 1 aliphatic rings. The van der Waals surface area contributed by atoms with Gasteiger partial charge in [-0.05, 0) is 55.3 Å². The first kappa shape index (κ1) is 22.4. The van der Waals surface area contributed by atoms with Gasteiger partial charge in [0, 0.05) is 45.2 Å². The van der Waals surface area contributed by atoms with Crippen molar-refractivity contribution in [2.24, 2.45) is 0 Å². The van der Waals surface area contributed by atoms with Crippen LogP contribution in [-0.4, -0.2) is 57.7 Å². The summed E-state index contributed by atoms with van der Waals surface area (Å²) in [6, 6.07) is 14.8. The van der Waals surface area contributed by atoms with E-state index in [1.54, 1.807) is 31.4 Å². The van der Waals surface area contributed by atoms with Crippen LogP contribution in [0.2, 0.25) is 0 Å². The number of methoxy groups -OCH3 is 1. The van der Waals surface area contributed by atoms with E-state index in [4.69, 9.17) is 9.47 Å². The predicted octanol–water partition coefficient (Wildman–Crippen LogP) is 3.38. The van der Waals surface area contributed by atoms with Crippen LogP contribution in [0, 0.1) is 0 Å². The van der Waals surface area contributed by atoms with Crippen molar-refractivity contribution in [2.45, 2.75) is 13.3 Å². The Labute approximate surface area is 183 Å². The number of carbonyl (C=O) groups is 2. The van der Waals surface area contributed by atoms with Crippen molar-refractivity contribution in [2.75, 3.05) is 51.2 Å². The lowest BCUT2D eigenvalue weighted by Gasteiger charge is -2.16. The highest BCUT2D eigenvalue weighted by molar-refractivity contribution is 6.36. The first-order valence-electron chi connectivity index (χ1n) is 10.3. The summed E-state index contributed by atoms with van der Waals surface area (Å²) >= 11 is 0. The topological polar surface area (TPSA) is 71.1 Å². The molecule has 1 N–H and O–H groups in total. The average molecular weight is 424 g/mol. The molecule has 3 rings (SSSR count). The molecule has 1 heterocycles. The summed E-state index contributed by atoms with van der Waals surface area (Å²) in [6.07, 6.45) is 0.589. The van der Waals surface area contributed by atoms with Crippen molar-refractivity contribution in [3.8, 4) is 5.75 Å². The maximum atomic E-state index is 13.2. The van der Waals surface area contributed by atoms with Crippen LogP contribution in [-0.2, 0) is 14.3 Å². The van der Waals surface area contributed by atoms with Gasteiger partial charge >= 0.3 is 0 Å². The van der Waals surface area contributed by atoms with Crippen LogP contribution in [0.1, 0.15) is 18.9 Å². The molecule has 31 heavy (non-hydrogen) atoms. The van der Waals surface area contributed by atoms with E-state index in [1.807, 2.05) is 50.2 Å². The number of hydrogen-bond donors (Lipinski definition) is 1. The molecular formula is C24H29N3O4. The van der Waals surface area contributed by atoms with Gasteiger partial charge in [0.2, 0.25) is 0 Å². The number of nitrogens with one attached hydrogen (secondary N) is 1. The van der Waals surface area contributed by atoms with Gasteiger partial charge in [0.15, 0.2) is 0 Å². The van der Waals surface area contributed by atoms with Crippen molar-refractivity contribution in [3.63, 3.8) is 0 Å². The molecule has 2 amide bonds. The molecule has 0 atom stereocenters. The Morgan fingerprint density at radius 3 is 2.23 bits per heavy atom. The summed E-state index contributed by atoms with van der Waals surface area (Å²) in [5.41, 5.74) is 3.09. The summed E-state index contributed by atoms with van der Waals surface area (Å²) in [6.45, 7) is 3.33. The van der Waals surface area contributed by atoms with Gasteiger partial charge in [-0.2, -0.15) is 0 Å². The first-order valence-corrected chi connectivity index (χ1v) is 10.3. The maximum Gasteiger partial charge on any atom is 0.278 e. The van der Waals surface area contributed by atoms with Crippen LogP contribution in [0.25, 0.3) is 5.57 Å². The van der Waals surface area contributed by atoms with Crippen molar-refractivity contribution in [3.05, 3.63) is 59.8 Å². The minimum Gasteiger partial charge on any atom is -0.497 e. The largest absolute Gasteiger partial charge is 0.497 e. The normalized spacial score (nSPS) is 13.7. The third-order valence-corrected chi connectivity index (χ3v) is 5.07. The highest BCUT2D eigenvalue weighted by Crippen LogP contribution is 2.31. The number of ether oxygens (including phenoxy) is 2. The van der Waals surface area contributed by atoms with Gasteiger partial charge in [-0.1, -0.05) is 12.1 Å². The SMILES string of the molecule is CCOCCCN1C(=O)C(Nc2ccc(N(C)C)cc2)=C(c2ccc(OC)cc2)C1=O. The number of benzene rings is 2. The molecule has 1 aliphatic heterocycles. The molecule has 0 spiro atoms. The second-order valence-electron chi connectivity index (χ2n) is 7.36. The molecule has 0 saturated heterocycles. The van der Waals surface area contributed by atoms with Gasteiger partial charge in [0.05, 0.1) is 12.7 Å². The lowest BCUT2D eigenvalue weighted by atomic mass is 10.0. The lowest BCUT2D eigenvalue weighted by molar-refractivity contribution is -0.137. The van der Waals surface area contributed by atoms with Crippen LogP contribution in [0.4, 0.5) is 11.4 Å². The fourth-order valence-electron chi connectivity index (χ4n) is 3.38. The zero-order chi connectivity index (χ0) is 22.4. The molecule has 2 aromatic rings. The number of rotatable bonds is 10. The average Bonchev–Trinajstić information content (AvgIpc) is 3.01. The fourth-order valence-corrected chi connectivity index (χ4v) is 3.38. The minimum absolute atomic E-state index is 0.282. The van der Waals surface area contributed by atoms with E-state index in [0.29, 0.717) is 43.1 Å². The van der Waals surface area contributed by atoms with Gasteiger partial charge in [0.1, 0.15) is 11.4 Å². The number of imide groups is 1. The Bertz CT molecular complexity index is 950. The van der Waals surface area contributed by atoms with E-state index >= 15 is 0 Å². The molecule has 0 aromatic heterocycles. The van der Waals surface area contributed by atoms with E-state index in [-0.39, 0.29) is 17.5 Å². The summed E-state index contributed by atoms with van der Waals surface area (Å²) in [5.74, 6) is 0.0477. The van der Waals surface area contributed by atoms with Crippen LogP contribution in [0.15, 0.2) is 54.2 Å². The van der Waals surface area contributed by atoms with Crippen molar-refractivity contribution < 1.29 is 19.1 Å². The van der Waals surface area contributed by atoms with Crippen LogP contribution in [0.3, 0.4) is 0 Å². The van der Waals surface area contributed by atoms with Gasteiger partial charge in [-0.25, -0.2) is 0 Å². The monoisotopic (exact) mass is 423 g/mol. The Hall–Kier alpha value is -3.32. The summed E-state index contributed by atoms with van der Waals surface area (Å²) in [7, 11) is 5.51. The zero-order valence-corrected chi connectivity index (χ0v) is 18.5. The zero-order valence-electron chi connectivity index (χ0n) is 18.5. The molecule has 2 aromatic carbocycles. The number of anilines is 2. The summed E-state index contributed by atoms with van der Waals surface area (Å²) < 4.78 is 10.6. The van der Waals surface area contributed by atoms with Gasteiger partial charge in [-0.15, -0.1) is 0 Å². The lowest BCUT2D eigenvalue weighted by Crippen LogP contribution is -2.34. The molecule has 0 bridgehead atoms. The van der Waals surface area contributed by atoms with Crippen molar-refractivity contribution in [1.82, 2.24) is 4.90 Å². The van der Waals surface area contributed by atoms with Crippen molar-refractivity contribution in [1.29, 1.82) is 0 Å². The molecule has 7 heteroatoms. The van der Waals surface area contributed by atoms with Crippen LogP contribution >= 0.6 is 0 Å². The smallest absolute Gasteiger partial charge is 0.278 e. The third-order valence-electron chi connectivity index (χ3n) is 5.07. The highest BCUT2D eigenvalue weighted by atomic mass is 16.5. The third kappa shape index (κ3) is 5.06. The van der Waals surface area contributed by atoms with Gasteiger partial charge < -0.3 is 19.7 Å². The van der Waals surface area contributed by atoms with E-state index in [0.717, 1.165) is 11.4 Å². The molecular weight excluding hydrogens is 394 g/mol. The van der Waals surface area contributed by atoms with Crippen molar-refractivity contribution >= 4 is 28.8 Å². The molecule has 164 valence electrons. The summed E-state index contributed by atoms with van der Waals surface area (Å²) in [5, 5.41) is 3.18. The van der Waals surface area contributed by atoms with Gasteiger partial charge in [-0.3, -0.25) is 14.5 Å². The number of nitrogens with zero attached hydrogens (tertiary/aromatic N) is 2. The highest BCUT2D eigenvalue weighted by Gasteiger charge is 2.38.